The van der Waals surface area contributed by atoms with E-state index in [2.05, 4.69) is 11.0 Å². The molecule has 1 rings (SSSR count). The first-order chi connectivity index (χ1) is 4.43. The van der Waals surface area contributed by atoms with Crippen LogP contribution in [0.4, 0.5) is 0 Å². The van der Waals surface area contributed by atoms with Gasteiger partial charge in [0, 0.05) is 6.54 Å². The van der Waals surface area contributed by atoms with Crippen molar-refractivity contribution in [1.82, 2.24) is 5.32 Å². The maximum Gasteiger partial charge on any atom is 0.178 e. The van der Waals surface area contributed by atoms with Crippen LogP contribution in [0.5, 0.6) is 0 Å². The number of hydrogen-bond donors (Lipinski definition) is 1. The molecule has 0 saturated carbocycles. The van der Waals surface area contributed by atoms with Gasteiger partial charge in [0.15, 0.2) is 5.94 Å². The third-order valence-corrected chi connectivity index (χ3v) is 1.39. The standard InChI is InChI=1S/C7H9NO/c9-6-4-7-3-1-2-5-8-7/h8H,1-3,5H2. The predicted molar refractivity (Wildman–Crippen MR) is 34.6 cm³/mol. The van der Waals surface area contributed by atoms with Crippen LogP contribution in [0.25, 0.3) is 0 Å². The van der Waals surface area contributed by atoms with Gasteiger partial charge in [0.2, 0.25) is 0 Å². The van der Waals surface area contributed by atoms with E-state index in [1.165, 1.54) is 6.42 Å². The van der Waals surface area contributed by atoms with Crippen molar-refractivity contribution in [2.45, 2.75) is 19.3 Å². The Morgan fingerprint density at radius 3 is 2.89 bits per heavy atom. The second-order valence-electron chi connectivity index (χ2n) is 2.09. The van der Waals surface area contributed by atoms with Gasteiger partial charge in [-0.2, -0.15) is 0 Å². The van der Waals surface area contributed by atoms with Crippen LogP contribution in [-0.2, 0) is 4.79 Å². The first kappa shape index (κ1) is 6.15. The first-order valence-corrected chi connectivity index (χ1v) is 3.16. The number of rotatable bonds is 0. The average molecular weight is 123 g/mol. The van der Waals surface area contributed by atoms with Crippen LogP contribution in [-0.4, -0.2) is 12.5 Å². The lowest BCUT2D eigenvalue weighted by molar-refractivity contribution is 0.566. The number of carbonyl (C=O) groups excluding carboxylic acids is 1. The summed E-state index contributed by atoms with van der Waals surface area (Å²) in [5.74, 6) is 1.64. The summed E-state index contributed by atoms with van der Waals surface area (Å²) in [5.41, 5.74) is 3.40. The summed E-state index contributed by atoms with van der Waals surface area (Å²) >= 11 is 0. The van der Waals surface area contributed by atoms with E-state index in [0.29, 0.717) is 0 Å². The molecule has 0 spiro atoms. The minimum atomic E-state index is 0.913. The van der Waals surface area contributed by atoms with Crippen molar-refractivity contribution in [1.29, 1.82) is 0 Å². The molecule has 0 aromatic carbocycles. The second-order valence-corrected chi connectivity index (χ2v) is 2.09. The molecule has 1 aliphatic heterocycles. The highest BCUT2D eigenvalue weighted by Gasteiger charge is 2.01. The zero-order valence-corrected chi connectivity index (χ0v) is 5.24. The van der Waals surface area contributed by atoms with Crippen LogP contribution in [0.3, 0.4) is 0 Å². The van der Waals surface area contributed by atoms with E-state index >= 15 is 0 Å². The van der Waals surface area contributed by atoms with Gasteiger partial charge >= 0.3 is 0 Å². The molecule has 1 fully saturated rings. The highest BCUT2D eigenvalue weighted by molar-refractivity contribution is 5.45. The molecule has 1 saturated heterocycles. The number of allylic oxidation sites excluding steroid dienone is 1. The van der Waals surface area contributed by atoms with Crippen molar-refractivity contribution in [2.24, 2.45) is 0 Å². The molecule has 0 unspecified atom stereocenters. The lowest BCUT2D eigenvalue weighted by Gasteiger charge is -2.12. The van der Waals surface area contributed by atoms with Gasteiger partial charge in [0.05, 0.1) is 5.70 Å². The molecule has 0 bridgehead atoms. The Morgan fingerprint density at radius 2 is 2.33 bits per heavy atom. The van der Waals surface area contributed by atoms with E-state index in [1.54, 1.807) is 5.94 Å². The molecule has 1 N–H and O–H groups in total. The van der Waals surface area contributed by atoms with Gasteiger partial charge in [-0.3, -0.25) is 0 Å². The van der Waals surface area contributed by atoms with E-state index in [0.717, 1.165) is 25.1 Å². The zero-order valence-electron chi connectivity index (χ0n) is 5.24. The van der Waals surface area contributed by atoms with Gasteiger partial charge in [-0.25, -0.2) is 4.79 Å². The summed E-state index contributed by atoms with van der Waals surface area (Å²) in [6, 6.07) is 0. The minimum Gasteiger partial charge on any atom is -0.381 e. The SMILES string of the molecule is O=C=C=C1CCCCN1. The van der Waals surface area contributed by atoms with Crippen molar-refractivity contribution < 1.29 is 4.79 Å². The molecule has 0 radical (unpaired) electrons. The summed E-state index contributed by atoms with van der Waals surface area (Å²) in [6.45, 7) is 0.976. The predicted octanol–water partition coefficient (Wildman–Crippen LogP) is 0.631. The van der Waals surface area contributed by atoms with Gasteiger partial charge in [-0.15, -0.1) is 0 Å². The summed E-state index contributed by atoms with van der Waals surface area (Å²) in [6.07, 6.45) is 3.32. The van der Waals surface area contributed by atoms with Crippen molar-refractivity contribution in [3.05, 3.63) is 11.4 Å². The maximum absolute atomic E-state index is 9.78. The van der Waals surface area contributed by atoms with E-state index in [-0.39, 0.29) is 0 Å². The molecule has 48 valence electrons. The fraction of sp³-hybridized carbons (Fsp3) is 0.571. The summed E-state index contributed by atoms with van der Waals surface area (Å²) in [7, 11) is 0. The van der Waals surface area contributed by atoms with Crippen LogP contribution < -0.4 is 5.32 Å². The number of nitrogens with one attached hydrogen (secondary N) is 1. The largest absolute Gasteiger partial charge is 0.381 e. The Labute approximate surface area is 54.3 Å². The van der Waals surface area contributed by atoms with Crippen molar-refractivity contribution >= 4 is 5.94 Å². The maximum atomic E-state index is 9.78. The lowest BCUT2D eigenvalue weighted by Crippen LogP contribution is -2.18. The smallest absolute Gasteiger partial charge is 0.178 e. The van der Waals surface area contributed by atoms with Gasteiger partial charge < -0.3 is 5.32 Å². The Balaban J connectivity index is 2.60. The van der Waals surface area contributed by atoms with Crippen LogP contribution in [0.15, 0.2) is 11.4 Å². The van der Waals surface area contributed by atoms with E-state index in [1.807, 2.05) is 0 Å². The van der Waals surface area contributed by atoms with Crippen LogP contribution in [0.2, 0.25) is 0 Å². The van der Waals surface area contributed by atoms with E-state index < -0.39 is 0 Å². The van der Waals surface area contributed by atoms with Crippen LogP contribution >= 0.6 is 0 Å². The molecule has 9 heavy (non-hydrogen) atoms. The average Bonchev–Trinajstić information content (AvgIpc) is 1.91. The highest BCUT2D eigenvalue weighted by Crippen LogP contribution is 2.07. The van der Waals surface area contributed by atoms with Crippen molar-refractivity contribution in [3.8, 4) is 0 Å². The minimum absolute atomic E-state index is 0.913. The quantitative estimate of drug-likeness (QED) is 0.378. The van der Waals surface area contributed by atoms with Gasteiger partial charge in [-0.05, 0) is 25.0 Å². The third-order valence-electron chi connectivity index (χ3n) is 1.39. The molecule has 2 nitrogen and oxygen atoms in total. The number of hydrogen-bond acceptors (Lipinski definition) is 2. The fourth-order valence-electron chi connectivity index (χ4n) is 0.923. The Hall–Kier alpha value is -0.970. The molecule has 0 amide bonds. The van der Waals surface area contributed by atoms with Crippen molar-refractivity contribution in [2.75, 3.05) is 6.54 Å². The van der Waals surface area contributed by atoms with Gasteiger partial charge in [0.25, 0.3) is 0 Å². The normalized spacial score (nSPS) is 17.6. The third kappa shape index (κ3) is 1.77. The highest BCUT2D eigenvalue weighted by atomic mass is 16.1. The monoisotopic (exact) mass is 123 g/mol. The Bertz CT molecular complexity index is 165. The van der Waals surface area contributed by atoms with Crippen molar-refractivity contribution in [3.63, 3.8) is 0 Å². The molecule has 0 atom stereocenters. The zero-order chi connectivity index (χ0) is 6.53. The summed E-state index contributed by atoms with van der Waals surface area (Å²) in [4.78, 5) is 9.78. The summed E-state index contributed by atoms with van der Waals surface area (Å²) < 4.78 is 0. The molecular weight excluding hydrogens is 114 g/mol. The van der Waals surface area contributed by atoms with Gasteiger partial charge in [0.1, 0.15) is 0 Å². The van der Waals surface area contributed by atoms with E-state index in [9.17, 15) is 4.79 Å². The second kappa shape index (κ2) is 3.13. The Kier molecular flexibility index (Phi) is 2.14. The van der Waals surface area contributed by atoms with Crippen LogP contribution in [0.1, 0.15) is 19.3 Å². The lowest BCUT2D eigenvalue weighted by atomic mass is 10.1. The first-order valence-electron chi connectivity index (χ1n) is 3.16. The molecular formula is C7H9NO. The molecule has 1 aliphatic rings. The molecule has 0 aromatic rings. The molecule has 0 aliphatic carbocycles. The van der Waals surface area contributed by atoms with Crippen LogP contribution in [0, 0.1) is 0 Å². The topological polar surface area (TPSA) is 29.1 Å². The fourth-order valence-corrected chi connectivity index (χ4v) is 0.923. The Morgan fingerprint density at radius 1 is 1.44 bits per heavy atom. The van der Waals surface area contributed by atoms with E-state index in [4.69, 9.17) is 0 Å². The molecule has 1 heterocycles. The van der Waals surface area contributed by atoms with Gasteiger partial charge in [-0.1, -0.05) is 0 Å². The molecule has 0 aromatic heterocycles. The summed E-state index contributed by atoms with van der Waals surface area (Å²) in [5, 5.41) is 3.06. The number of piperidine rings is 1. The molecule has 2 heteroatoms.